The van der Waals surface area contributed by atoms with Gasteiger partial charge in [-0.2, -0.15) is 0 Å². The molecule has 0 saturated heterocycles. The van der Waals surface area contributed by atoms with Crippen LogP contribution in [0.2, 0.25) is 0 Å². The van der Waals surface area contributed by atoms with Crippen LogP contribution in [0.15, 0.2) is 48.5 Å². The van der Waals surface area contributed by atoms with Gasteiger partial charge in [0.15, 0.2) is 12.1 Å². The second-order valence-corrected chi connectivity index (χ2v) is 6.00. The van der Waals surface area contributed by atoms with E-state index in [0.29, 0.717) is 12.1 Å². The van der Waals surface area contributed by atoms with Gasteiger partial charge in [0.1, 0.15) is 0 Å². The molecule has 0 amide bonds. The molecule has 0 saturated carbocycles. The van der Waals surface area contributed by atoms with Gasteiger partial charge < -0.3 is 10.6 Å². The van der Waals surface area contributed by atoms with Gasteiger partial charge in [-0.05, 0) is 11.1 Å². The summed E-state index contributed by atoms with van der Waals surface area (Å²) in [6, 6.07) is 19.2. The fourth-order valence-electron chi connectivity index (χ4n) is 3.94. The first-order chi connectivity index (χ1) is 9.93. The molecule has 2 nitrogen and oxygen atoms in total. The third-order valence-corrected chi connectivity index (χ3v) is 4.88. The van der Waals surface area contributed by atoms with E-state index in [1.165, 1.54) is 25.9 Å². The minimum absolute atomic E-state index is 0.571. The molecule has 2 heteroatoms. The summed E-state index contributed by atoms with van der Waals surface area (Å²) in [5, 5.41) is 5.09. The SMILES string of the molecule is c1ccc2c(c1)CC[NH2+][C@H]2[C@H]1[NH2+]CCc2ccccc21. The summed E-state index contributed by atoms with van der Waals surface area (Å²) in [4.78, 5) is 0. The third kappa shape index (κ3) is 1.96. The largest absolute Gasteiger partial charge is 0.334 e. The molecule has 0 fully saturated rings. The summed E-state index contributed by atoms with van der Waals surface area (Å²) in [7, 11) is 0. The summed E-state index contributed by atoms with van der Waals surface area (Å²) in [6.45, 7) is 2.43. The monoisotopic (exact) mass is 266 g/mol. The Hall–Kier alpha value is -1.64. The number of rotatable bonds is 1. The summed E-state index contributed by atoms with van der Waals surface area (Å²) < 4.78 is 0. The Morgan fingerprint density at radius 1 is 0.650 bits per heavy atom. The maximum absolute atomic E-state index is 2.55. The van der Waals surface area contributed by atoms with Crippen LogP contribution >= 0.6 is 0 Å². The Bertz CT molecular complexity index is 565. The molecule has 2 aliphatic heterocycles. The second-order valence-electron chi connectivity index (χ2n) is 6.00. The average Bonchev–Trinajstić information content (AvgIpc) is 2.54. The molecule has 2 aromatic rings. The van der Waals surface area contributed by atoms with Gasteiger partial charge in [0.2, 0.25) is 0 Å². The molecule has 102 valence electrons. The number of fused-ring (bicyclic) bond motifs is 2. The normalized spacial score (nSPS) is 24.8. The topological polar surface area (TPSA) is 33.2 Å². The van der Waals surface area contributed by atoms with Gasteiger partial charge in [-0.25, -0.2) is 0 Å². The van der Waals surface area contributed by atoms with Crippen LogP contribution in [0.1, 0.15) is 34.3 Å². The van der Waals surface area contributed by atoms with Gasteiger partial charge in [0.05, 0.1) is 13.1 Å². The average molecular weight is 266 g/mol. The van der Waals surface area contributed by atoms with Crippen molar-refractivity contribution in [3.05, 3.63) is 70.8 Å². The summed E-state index contributed by atoms with van der Waals surface area (Å²) in [5.74, 6) is 0. The van der Waals surface area contributed by atoms with Gasteiger partial charge in [0, 0.05) is 24.0 Å². The molecule has 0 aliphatic carbocycles. The van der Waals surface area contributed by atoms with Crippen LogP contribution in [0.25, 0.3) is 0 Å². The molecule has 0 spiro atoms. The number of hydrogen-bond acceptors (Lipinski definition) is 0. The third-order valence-electron chi connectivity index (χ3n) is 4.88. The van der Waals surface area contributed by atoms with E-state index in [1.54, 1.807) is 22.3 Å². The second kappa shape index (κ2) is 5.04. The van der Waals surface area contributed by atoms with Gasteiger partial charge >= 0.3 is 0 Å². The van der Waals surface area contributed by atoms with Crippen molar-refractivity contribution in [2.45, 2.75) is 24.9 Å². The predicted molar refractivity (Wildman–Crippen MR) is 79.4 cm³/mol. The minimum atomic E-state index is 0.571. The minimum Gasteiger partial charge on any atom is -0.334 e. The number of hydrogen-bond donors (Lipinski definition) is 2. The van der Waals surface area contributed by atoms with E-state index < -0.39 is 0 Å². The quantitative estimate of drug-likeness (QED) is 0.762. The Morgan fingerprint density at radius 2 is 1.10 bits per heavy atom. The lowest BCUT2D eigenvalue weighted by Gasteiger charge is -2.32. The molecule has 2 aromatic carbocycles. The molecule has 0 unspecified atom stereocenters. The fraction of sp³-hybridized carbons (Fsp3) is 0.333. The molecule has 0 radical (unpaired) electrons. The van der Waals surface area contributed by atoms with Crippen LogP contribution in [0.4, 0.5) is 0 Å². The molecule has 2 atom stereocenters. The first kappa shape index (κ1) is 12.1. The van der Waals surface area contributed by atoms with Crippen molar-refractivity contribution < 1.29 is 10.6 Å². The molecule has 0 bridgehead atoms. The molecular formula is C18H22N2+2. The summed E-state index contributed by atoms with van der Waals surface area (Å²) in [6.07, 6.45) is 2.42. The zero-order chi connectivity index (χ0) is 13.4. The Balaban J connectivity index is 1.77. The van der Waals surface area contributed by atoms with Crippen LogP contribution in [-0.4, -0.2) is 13.1 Å². The van der Waals surface area contributed by atoms with Crippen molar-refractivity contribution in [3.8, 4) is 0 Å². The zero-order valence-electron chi connectivity index (χ0n) is 11.8. The number of nitrogens with two attached hydrogens (primary N) is 2. The maximum atomic E-state index is 2.55. The van der Waals surface area contributed by atoms with Gasteiger partial charge in [-0.1, -0.05) is 48.5 Å². The highest BCUT2D eigenvalue weighted by molar-refractivity contribution is 5.36. The summed E-state index contributed by atoms with van der Waals surface area (Å²) in [5.41, 5.74) is 6.21. The van der Waals surface area contributed by atoms with Crippen LogP contribution < -0.4 is 10.6 Å². The van der Waals surface area contributed by atoms with Gasteiger partial charge in [-0.3, -0.25) is 0 Å². The Morgan fingerprint density at radius 3 is 1.60 bits per heavy atom. The first-order valence-corrected chi connectivity index (χ1v) is 7.76. The van der Waals surface area contributed by atoms with E-state index in [9.17, 15) is 0 Å². The molecule has 2 aliphatic rings. The lowest BCUT2D eigenvalue weighted by atomic mass is 9.83. The van der Waals surface area contributed by atoms with Crippen molar-refractivity contribution in [2.24, 2.45) is 0 Å². The van der Waals surface area contributed by atoms with Crippen molar-refractivity contribution in [3.63, 3.8) is 0 Å². The highest BCUT2D eigenvalue weighted by Crippen LogP contribution is 2.30. The lowest BCUT2D eigenvalue weighted by Crippen LogP contribution is -2.97. The Labute approximate surface area is 120 Å². The van der Waals surface area contributed by atoms with Crippen LogP contribution in [-0.2, 0) is 12.8 Å². The molecular weight excluding hydrogens is 244 g/mol. The predicted octanol–water partition coefficient (Wildman–Crippen LogP) is 0.708. The molecule has 2 heterocycles. The van der Waals surface area contributed by atoms with Crippen molar-refractivity contribution in [1.82, 2.24) is 0 Å². The van der Waals surface area contributed by atoms with Crippen molar-refractivity contribution in [2.75, 3.05) is 13.1 Å². The maximum Gasteiger partial charge on any atom is 0.169 e. The highest BCUT2D eigenvalue weighted by atomic mass is 15.0. The van der Waals surface area contributed by atoms with E-state index in [4.69, 9.17) is 0 Å². The Kier molecular flexibility index (Phi) is 3.06. The van der Waals surface area contributed by atoms with Crippen LogP contribution in [0.3, 0.4) is 0 Å². The van der Waals surface area contributed by atoms with Crippen molar-refractivity contribution >= 4 is 0 Å². The van der Waals surface area contributed by atoms with E-state index in [0.717, 1.165) is 0 Å². The zero-order valence-corrected chi connectivity index (χ0v) is 11.8. The fourth-order valence-corrected chi connectivity index (χ4v) is 3.94. The number of benzene rings is 2. The highest BCUT2D eigenvalue weighted by Gasteiger charge is 2.37. The smallest absolute Gasteiger partial charge is 0.169 e. The first-order valence-electron chi connectivity index (χ1n) is 7.76. The molecule has 0 aromatic heterocycles. The van der Waals surface area contributed by atoms with Gasteiger partial charge in [-0.15, -0.1) is 0 Å². The van der Waals surface area contributed by atoms with E-state index >= 15 is 0 Å². The van der Waals surface area contributed by atoms with Crippen LogP contribution in [0, 0.1) is 0 Å². The van der Waals surface area contributed by atoms with E-state index in [-0.39, 0.29) is 0 Å². The van der Waals surface area contributed by atoms with Crippen molar-refractivity contribution in [1.29, 1.82) is 0 Å². The van der Waals surface area contributed by atoms with Gasteiger partial charge in [0.25, 0.3) is 0 Å². The lowest BCUT2D eigenvalue weighted by molar-refractivity contribution is -0.788. The standard InChI is InChI=1S/C18H20N2/c1-3-7-15-13(5-1)9-11-19-17(15)18-16-8-4-2-6-14(16)10-12-20-18/h1-8,17-20H,9-12H2/p+2/t17-,18+. The number of quaternary nitrogens is 2. The van der Waals surface area contributed by atoms with E-state index in [2.05, 4.69) is 59.2 Å². The van der Waals surface area contributed by atoms with E-state index in [1.807, 2.05) is 0 Å². The van der Waals surface area contributed by atoms with Crippen LogP contribution in [0.5, 0.6) is 0 Å². The molecule has 4 rings (SSSR count). The summed E-state index contributed by atoms with van der Waals surface area (Å²) >= 11 is 0. The molecule has 20 heavy (non-hydrogen) atoms. The molecule has 4 N–H and O–H groups in total.